The predicted octanol–water partition coefficient (Wildman–Crippen LogP) is 1.37. The van der Waals surface area contributed by atoms with Crippen molar-refractivity contribution in [2.24, 2.45) is 14.1 Å². The van der Waals surface area contributed by atoms with Crippen LogP contribution in [0.5, 0.6) is 0 Å². The third kappa shape index (κ3) is 2.78. The molecule has 0 spiro atoms. The molecule has 2 heterocycles. The van der Waals surface area contributed by atoms with Crippen molar-refractivity contribution in [3.63, 3.8) is 0 Å². The van der Waals surface area contributed by atoms with Crippen LogP contribution >= 0.6 is 11.6 Å². The molecule has 2 aromatic rings. The van der Waals surface area contributed by atoms with Crippen molar-refractivity contribution < 1.29 is 4.79 Å². The van der Waals surface area contributed by atoms with Crippen LogP contribution in [0.2, 0.25) is 5.02 Å². The Morgan fingerprint density at radius 2 is 1.88 bits per heavy atom. The Balaban J connectivity index is 1.87. The molecule has 0 saturated carbocycles. The summed E-state index contributed by atoms with van der Waals surface area (Å²) in [5.41, 5.74) is 0.145. The van der Waals surface area contributed by atoms with E-state index >= 15 is 0 Å². The van der Waals surface area contributed by atoms with E-state index in [2.05, 4.69) is 0 Å². The van der Waals surface area contributed by atoms with Crippen LogP contribution in [-0.4, -0.2) is 33.0 Å². The van der Waals surface area contributed by atoms with Gasteiger partial charge in [0.15, 0.2) is 0 Å². The fraction of sp³-hybridized carbons (Fsp3) is 0.353. The van der Waals surface area contributed by atoms with Crippen LogP contribution < -0.4 is 11.2 Å². The van der Waals surface area contributed by atoms with Crippen LogP contribution in [-0.2, 0) is 14.1 Å². The fourth-order valence-corrected chi connectivity index (χ4v) is 3.39. The van der Waals surface area contributed by atoms with E-state index in [1.54, 1.807) is 4.90 Å². The number of benzene rings is 1. The molecule has 1 fully saturated rings. The molecule has 6 nitrogen and oxygen atoms in total. The van der Waals surface area contributed by atoms with Gasteiger partial charge in [-0.1, -0.05) is 29.8 Å². The van der Waals surface area contributed by atoms with E-state index in [9.17, 15) is 14.4 Å². The minimum absolute atomic E-state index is 0.114. The number of carbonyl (C=O) groups is 1. The van der Waals surface area contributed by atoms with Crippen LogP contribution in [0.1, 0.15) is 28.4 Å². The molecule has 1 aromatic carbocycles. The van der Waals surface area contributed by atoms with Crippen LogP contribution in [0.25, 0.3) is 0 Å². The second-order valence-electron chi connectivity index (χ2n) is 6.03. The number of rotatable bonds is 2. The van der Waals surface area contributed by atoms with E-state index in [4.69, 9.17) is 11.6 Å². The lowest BCUT2D eigenvalue weighted by molar-refractivity contribution is 0.0779. The van der Waals surface area contributed by atoms with Gasteiger partial charge in [-0.15, -0.1) is 0 Å². The summed E-state index contributed by atoms with van der Waals surface area (Å²) >= 11 is 6.24. The lowest BCUT2D eigenvalue weighted by Gasteiger charge is -2.18. The molecule has 1 aromatic heterocycles. The predicted molar refractivity (Wildman–Crippen MR) is 91.6 cm³/mol. The van der Waals surface area contributed by atoms with Crippen LogP contribution in [0.15, 0.2) is 39.9 Å². The van der Waals surface area contributed by atoms with Crippen LogP contribution in [0.3, 0.4) is 0 Å². The van der Waals surface area contributed by atoms with Crippen molar-refractivity contribution in [2.45, 2.75) is 12.3 Å². The minimum Gasteiger partial charge on any atom is -0.337 e. The number of halogens is 1. The Hall–Kier alpha value is -2.34. The largest absolute Gasteiger partial charge is 0.337 e. The number of hydrogen-bond donors (Lipinski definition) is 0. The minimum atomic E-state index is -0.507. The number of aromatic nitrogens is 2. The normalized spacial score (nSPS) is 17.3. The molecule has 1 amide bonds. The number of carbonyl (C=O) groups excluding carboxylic acids is 1. The molecule has 1 unspecified atom stereocenters. The van der Waals surface area contributed by atoms with Crippen molar-refractivity contribution in [1.29, 1.82) is 0 Å². The maximum Gasteiger partial charge on any atom is 0.331 e. The van der Waals surface area contributed by atoms with Gasteiger partial charge in [0.2, 0.25) is 0 Å². The molecule has 0 aliphatic carbocycles. The first-order valence-corrected chi connectivity index (χ1v) is 8.08. The maximum absolute atomic E-state index is 12.7. The highest BCUT2D eigenvalue weighted by molar-refractivity contribution is 6.31. The Labute approximate surface area is 143 Å². The number of likely N-dealkylation sites (tertiary alicyclic amines) is 1. The third-order valence-corrected chi connectivity index (χ3v) is 4.91. The van der Waals surface area contributed by atoms with E-state index in [1.807, 2.05) is 24.3 Å². The fourth-order valence-electron chi connectivity index (χ4n) is 3.10. The summed E-state index contributed by atoms with van der Waals surface area (Å²) in [5, 5.41) is 0.692. The van der Waals surface area contributed by atoms with Gasteiger partial charge in [-0.3, -0.25) is 18.7 Å². The van der Waals surface area contributed by atoms with Crippen LogP contribution in [0.4, 0.5) is 0 Å². The highest BCUT2D eigenvalue weighted by Gasteiger charge is 2.30. The molecular weight excluding hydrogens is 330 g/mol. The van der Waals surface area contributed by atoms with E-state index in [-0.39, 0.29) is 17.5 Å². The molecular formula is C17H18ClN3O3. The maximum atomic E-state index is 12.7. The third-order valence-electron chi connectivity index (χ3n) is 4.57. The summed E-state index contributed by atoms with van der Waals surface area (Å²) in [6.45, 7) is 1.09. The topological polar surface area (TPSA) is 64.3 Å². The molecule has 24 heavy (non-hydrogen) atoms. The van der Waals surface area contributed by atoms with Gasteiger partial charge in [-0.25, -0.2) is 4.79 Å². The van der Waals surface area contributed by atoms with Gasteiger partial charge < -0.3 is 4.90 Å². The van der Waals surface area contributed by atoms with Crippen molar-refractivity contribution in [3.8, 4) is 0 Å². The molecule has 1 saturated heterocycles. The molecule has 3 rings (SSSR count). The second kappa shape index (κ2) is 6.28. The lowest BCUT2D eigenvalue weighted by atomic mass is 9.98. The zero-order chi connectivity index (χ0) is 17.4. The first kappa shape index (κ1) is 16.5. The second-order valence-corrected chi connectivity index (χ2v) is 6.43. The summed E-state index contributed by atoms with van der Waals surface area (Å²) in [4.78, 5) is 38.2. The van der Waals surface area contributed by atoms with Gasteiger partial charge in [0.25, 0.3) is 11.5 Å². The van der Waals surface area contributed by atoms with E-state index in [0.717, 1.165) is 16.6 Å². The average Bonchev–Trinajstić information content (AvgIpc) is 3.06. The van der Waals surface area contributed by atoms with Crippen molar-refractivity contribution >= 4 is 17.5 Å². The summed E-state index contributed by atoms with van der Waals surface area (Å²) in [6.07, 6.45) is 0.800. The van der Waals surface area contributed by atoms with Crippen molar-refractivity contribution in [1.82, 2.24) is 14.0 Å². The smallest absolute Gasteiger partial charge is 0.331 e. The summed E-state index contributed by atoms with van der Waals surface area (Å²) in [6, 6.07) is 8.82. The summed E-state index contributed by atoms with van der Waals surface area (Å²) in [7, 11) is 2.89. The zero-order valence-corrected chi connectivity index (χ0v) is 14.3. The van der Waals surface area contributed by atoms with Crippen molar-refractivity contribution in [3.05, 3.63) is 67.4 Å². The van der Waals surface area contributed by atoms with Gasteiger partial charge in [-0.2, -0.15) is 0 Å². The molecule has 0 bridgehead atoms. The Morgan fingerprint density at radius 3 is 2.58 bits per heavy atom. The highest BCUT2D eigenvalue weighted by atomic mass is 35.5. The first-order valence-electron chi connectivity index (χ1n) is 7.71. The quantitative estimate of drug-likeness (QED) is 0.824. The molecule has 7 heteroatoms. The Bertz CT molecular complexity index is 916. The van der Waals surface area contributed by atoms with Gasteiger partial charge in [0.1, 0.15) is 5.69 Å². The van der Waals surface area contributed by atoms with Crippen LogP contribution in [0, 0.1) is 0 Å². The SMILES string of the molecule is Cn1c(C(=O)N2CCC(c3ccccc3Cl)C2)cc(=O)n(C)c1=O. The van der Waals surface area contributed by atoms with Gasteiger partial charge in [0, 0.05) is 44.2 Å². The highest BCUT2D eigenvalue weighted by Crippen LogP contribution is 2.32. The Kier molecular flexibility index (Phi) is 4.32. The Morgan fingerprint density at radius 1 is 1.17 bits per heavy atom. The monoisotopic (exact) mass is 347 g/mol. The van der Waals surface area contributed by atoms with Gasteiger partial charge in [0.05, 0.1) is 0 Å². The van der Waals surface area contributed by atoms with Crippen molar-refractivity contribution in [2.75, 3.05) is 13.1 Å². The summed E-state index contributed by atoms with van der Waals surface area (Å²) in [5.74, 6) is -0.145. The number of nitrogens with zero attached hydrogens (tertiary/aromatic N) is 3. The first-order chi connectivity index (χ1) is 11.4. The van der Waals surface area contributed by atoms with E-state index < -0.39 is 11.2 Å². The van der Waals surface area contributed by atoms with E-state index in [0.29, 0.717) is 18.1 Å². The standard InChI is InChI=1S/C17H18ClN3O3/c1-19-14(9-15(22)20(2)17(19)24)16(23)21-8-7-11(10-21)12-5-3-4-6-13(12)18/h3-6,9,11H,7-8,10H2,1-2H3. The molecule has 0 N–H and O–H groups in total. The zero-order valence-electron chi connectivity index (χ0n) is 13.5. The average molecular weight is 348 g/mol. The van der Waals surface area contributed by atoms with Gasteiger partial charge in [-0.05, 0) is 18.1 Å². The summed E-state index contributed by atoms with van der Waals surface area (Å²) < 4.78 is 2.19. The molecule has 1 aliphatic heterocycles. The van der Waals surface area contributed by atoms with E-state index in [1.165, 1.54) is 24.7 Å². The lowest BCUT2D eigenvalue weighted by Crippen LogP contribution is -2.41. The molecule has 126 valence electrons. The number of hydrogen-bond acceptors (Lipinski definition) is 3. The number of amides is 1. The molecule has 0 radical (unpaired) electrons. The molecule has 1 aliphatic rings. The van der Waals surface area contributed by atoms with Gasteiger partial charge >= 0.3 is 5.69 Å². The molecule has 1 atom stereocenters.